The molecule has 1 aliphatic heterocycles. The molecule has 0 saturated carbocycles. The lowest BCUT2D eigenvalue weighted by atomic mass is 9.98. The van der Waals surface area contributed by atoms with Gasteiger partial charge in [0.25, 0.3) is 0 Å². The van der Waals surface area contributed by atoms with Gasteiger partial charge in [-0.3, -0.25) is 4.79 Å². The van der Waals surface area contributed by atoms with Crippen LogP contribution in [-0.2, 0) is 6.42 Å². The highest BCUT2D eigenvalue weighted by molar-refractivity contribution is 5.79. The van der Waals surface area contributed by atoms with Crippen LogP contribution in [0.5, 0.6) is 5.75 Å². The highest BCUT2D eigenvalue weighted by atomic mass is 19.4. The summed E-state index contributed by atoms with van der Waals surface area (Å²) in [6, 6.07) is 4.07. The van der Waals surface area contributed by atoms with Gasteiger partial charge in [-0.15, -0.1) is 0 Å². The van der Waals surface area contributed by atoms with Crippen LogP contribution in [-0.4, -0.2) is 30.4 Å². The number of carbonyl (C=O) groups excluding carboxylic acids is 1. The summed E-state index contributed by atoms with van der Waals surface area (Å²) in [7, 11) is 0. The van der Waals surface area contributed by atoms with E-state index in [9.17, 15) is 35.5 Å². The summed E-state index contributed by atoms with van der Waals surface area (Å²) in [5.74, 6) is -11.5. The molecule has 1 aromatic rings. The Kier molecular flexibility index (Phi) is 3.87. The molecule has 0 aromatic heterocycles. The molecule has 1 unspecified atom stereocenters. The highest BCUT2D eigenvalue weighted by Crippen LogP contribution is 2.49. The number of halogens is 7. The summed E-state index contributed by atoms with van der Waals surface area (Å²) in [5.41, 5.74) is 0.333. The van der Waals surface area contributed by atoms with Gasteiger partial charge in [0.05, 0.1) is 6.42 Å². The third kappa shape index (κ3) is 2.64. The molecular formula is C13H9F7O2. The van der Waals surface area contributed by atoms with Gasteiger partial charge in [0.15, 0.2) is 0 Å². The van der Waals surface area contributed by atoms with E-state index in [1.807, 2.05) is 0 Å². The smallest absolute Gasteiger partial charge is 0.459 e. The zero-order valence-electron chi connectivity index (χ0n) is 10.8. The summed E-state index contributed by atoms with van der Waals surface area (Å²) >= 11 is 0. The minimum atomic E-state index is -6.37. The van der Waals surface area contributed by atoms with Gasteiger partial charge >= 0.3 is 18.0 Å². The zero-order chi connectivity index (χ0) is 16.8. The van der Waals surface area contributed by atoms with Crippen LogP contribution in [0, 0.1) is 0 Å². The number of hydrogen-bond acceptors (Lipinski definition) is 2. The largest absolute Gasteiger partial charge is 0.490 e. The first-order chi connectivity index (χ1) is 9.99. The van der Waals surface area contributed by atoms with Crippen molar-refractivity contribution in [2.75, 3.05) is 0 Å². The molecule has 0 spiro atoms. The third-order valence-corrected chi connectivity index (χ3v) is 3.32. The van der Waals surface area contributed by atoms with Crippen LogP contribution in [0.2, 0.25) is 0 Å². The number of fused-ring (bicyclic) bond motifs is 1. The van der Waals surface area contributed by atoms with Crippen molar-refractivity contribution in [2.45, 2.75) is 37.0 Å². The fourth-order valence-electron chi connectivity index (χ4n) is 2.21. The molecule has 2 rings (SSSR count). The van der Waals surface area contributed by atoms with Crippen molar-refractivity contribution >= 4 is 6.29 Å². The summed E-state index contributed by atoms with van der Waals surface area (Å²) in [5, 5.41) is 0. The van der Waals surface area contributed by atoms with Gasteiger partial charge in [-0.2, -0.15) is 30.7 Å². The molecule has 0 amide bonds. The molecule has 0 radical (unpaired) electrons. The number of benzene rings is 1. The van der Waals surface area contributed by atoms with Gasteiger partial charge in [-0.05, 0) is 6.07 Å². The van der Waals surface area contributed by atoms with Crippen molar-refractivity contribution in [1.82, 2.24) is 0 Å². The van der Waals surface area contributed by atoms with Crippen LogP contribution in [0.4, 0.5) is 30.7 Å². The van der Waals surface area contributed by atoms with Crippen molar-refractivity contribution in [3.05, 3.63) is 29.3 Å². The molecule has 0 bridgehead atoms. The number of ether oxygens (including phenoxy) is 1. The van der Waals surface area contributed by atoms with Gasteiger partial charge in [-0.25, -0.2) is 0 Å². The number of aldehydes is 1. The number of rotatable bonds is 4. The lowest BCUT2D eigenvalue weighted by Crippen LogP contribution is -2.53. The zero-order valence-corrected chi connectivity index (χ0v) is 10.8. The van der Waals surface area contributed by atoms with Gasteiger partial charge < -0.3 is 4.74 Å². The number of alkyl halides is 7. The van der Waals surface area contributed by atoms with Crippen molar-refractivity contribution in [3.63, 3.8) is 0 Å². The molecule has 1 aliphatic rings. The van der Waals surface area contributed by atoms with Crippen LogP contribution < -0.4 is 4.74 Å². The van der Waals surface area contributed by atoms with E-state index in [0.29, 0.717) is 6.29 Å². The lowest BCUT2D eigenvalue weighted by molar-refractivity contribution is -0.357. The van der Waals surface area contributed by atoms with Crippen LogP contribution in [0.25, 0.3) is 0 Å². The summed E-state index contributed by atoms with van der Waals surface area (Å²) in [6.45, 7) is 0. The fraction of sp³-hybridized carbons (Fsp3) is 0.462. The number of hydrogen-bond donors (Lipinski definition) is 0. The maximum absolute atomic E-state index is 13.3. The number of carbonyl (C=O) groups is 1. The topological polar surface area (TPSA) is 26.3 Å². The lowest BCUT2D eigenvalue weighted by Gasteiger charge is -2.29. The summed E-state index contributed by atoms with van der Waals surface area (Å²) in [4.78, 5) is 10.8. The first-order valence-corrected chi connectivity index (χ1v) is 6.05. The SMILES string of the molecule is O=Cc1cccc2c1CC(CC(F)(F)C(F)(F)C(F)(F)F)O2. The second kappa shape index (κ2) is 5.13. The Bertz CT molecular complexity index is 580. The van der Waals surface area contributed by atoms with Crippen LogP contribution >= 0.6 is 0 Å². The van der Waals surface area contributed by atoms with E-state index in [4.69, 9.17) is 4.74 Å². The molecule has 22 heavy (non-hydrogen) atoms. The Morgan fingerprint density at radius 2 is 1.77 bits per heavy atom. The molecule has 1 aromatic carbocycles. The molecule has 0 aliphatic carbocycles. The average Bonchev–Trinajstić information content (AvgIpc) is 2.78. The molecule has 1 atom stereocenters. The van der Waals surface area contributed by atoms with Gasteiger partial charge in [0, 0.05) is 17.5 Å². The van der Waals surface area contributed by atoms with E-state index in [1.54, 1.807) is 0 Å². The Morgan fingerprint density at radius 3 is 2.32 bits per heavy atom. The van der Waals surface area contributed by atoms with Crippen LogP contribution in [0.15, 0.2) is 18.2 Å². The monoisotopic (exact) mass is 330 g/mol. The Labute approximate surface area is 119 Å². The van der Waals surface area contributed by atoms with Crippen LogP contribution in [0.1, 0.15) is 22.3 Å². The molecule has 9 heteroatoms. The fourth-order valence-corrected chi connectivity index (χ4v) is 2.21. The molecule has 0 fully saturated rings. The first kappa shape index (κ1) is 16.6. The van der Waals surface area contributed by atoms with E-state index in [1.165, 1.54) is 18.2 Å². The average molecular weight is 330 g/mol. The standard InChI is InChI=1S/C13H9F7O2/c14-11(15,12(16,17)13(18,19)20)5-8-4-9-7(6-21)2-1-3-10(9)22-8/h1-3,6,8H,4-5H2. The molecule has 122 valence electrons. The Hall–Kier alpha value is -1.80. The van der Waals surface area contributed by atoms with E-state index in [-0.39, 0.29) is 23.3 Å². The summed E-state index contributed by atoms with van der Waals surface area (Å²) < 4.78 is 93.5. The summed E-state index contributed by atoms with van der Waals surface area (Å²) in [6.07, 6.45) is -9.66. The van der Waals surface area contributed by atoms with Crippen LogP contribution in [0.3, 0.4) is 0 Å². The second-order valence-corrected chi connectivity index (χ2v) is 4.87. The Morgan fingerprint density at radius 1 is 1.14 bits per heavy atom. The Balaban J connectivity index is 2.18. The predicted octanol–water partition coefficient (Wildman–Crippen LogP) is 4.03. The molecular weight excluding hydrogens is 321 g/mol. The van der Waals surface area contributed by atoms with E-state index in [2.05, 4.69) is 0 Å². The third-order valence-electron chi connectivity index (χ3n) is 3.32. The van der Waals surface area contributed by atoms with Gasteiger partial charge in [0.2, 0.25) is 0 Å². The minimum absolute atomic E-state index is 0.0284. The maximum Gasteiger partial charge on any atom is 0.459 e. The van der Waals surface area contributed by atoms with Gasteiger partial charge in [0.1, 0.15) is 18.1 Å². The van der Waals surface area contributed by atoms with Gasteiger partial charge in [-0.1, -0.05) is 12.1 Å². The normalized spacial score (nSPS) is 18.8. The first-order valence-electron chi connectivity index (χ1n) is 6.05. The van der Waals surface area contributed by atoms with Crippen molar-refractivity contribution < 1.29 is 40.3 Å². The van der Waals surface area contributed by atoms with Crippen molar-refractivity contribution in [1.29, 1.82) is 0 Å². The van der Waals surface area contributed by atoms with E-state index < -0.39 is 30.5 Å². The van der Waals surface area contributed by atoms with E-state index >= 15 is 0 Å². The van der Waals surface area contributed by atoms with Crippen molar-refractivity contribution in [3.8, 4) is 5.75 Å². The second-order valence-electron chi connectivity index (χ2n) is 4.87. The molecule has 0 N–H and O–H groups in total. The minimum Gasteiger partial charge on any atom is -0.490 e. The van der Waals surface area contributed by atoms with E-state index in [0.717, 1.165) is 0 Å². The molecule has 2 nitrogen and oxygen atoms in total. The highest BCUT2D eigenvalue weighted by Gasteiger charge is 2.73. The maximum atomic E-state index is 13.3. The molecule has 1 heterocycles. The van der Waals surface area contributed by atoms with Crippen molar-refractivity contribution in [2.24, 2.45) is 0 Å². The molecule has 0 saturated heterocycles. The quantitative estimate of drug-likeness (QED) is 0.616. The predicted molar refractivity (Wildman–Crippen MR) is 60.5 cm³/mol.